The molecule has 0 aliphatic carbocycles. The number of benzene rings is 2. The van der Waals surface area contributed by atoms with Gasteiger partial charge in [-0.2, -0.15) is 0 Å². The Morgan fingerprint density at radius 1 is 1.07 bits per heavy atom. The molecule has 0 bridgehead atoms. The first-order valence-electron chi connectivity index (χ1n) is 4.64. The van der Waals surface area contributed by atoms with Crippen molar-refractivity contribution in [2.45, 2.75) is 6.42 Å². The van der Waals surface area contributed by atoms with E-state index in [1.165, 1.54) is 5.56 Å². The van der Waals surface area contributed by atoms with Gasteiger partial charge in [0, 0.05) is 5.69 Å². The molecule has 14 heavy (non-hydrogen) atoms. The number of rotatable bonds is 2. The summed E-state index contributed by atoms with van der Waals surface area (Å²) in [7, 11) is 0. The Labute approximate surface area is 84.2 Å². The SMILES string of the molecule is Nc1cc[c]c(Cc2ccccc2)c1. The van der Waals surface area contributed by atoms with Gasteiger partial charge < -0.3 is 5.73 Å². The quantitative estimate of drug-likeness (QED) is 0.710. The van der Waals surface area contributed by atoms with E-state index in [9.17, 15) is 0 Å². The fourth-order valence-corrected chi connectivity index (χ4v) is 1.45. The third kappa shape index (κ3) is 2.13. The van der Waals surface area contributed by atoms with Crippen LogP contribution < -0.4 is 5.73 Å². The Balaban J connectivity index is 2.19. The number of hydrogen-bond donors (Lipinski definition) is 1. The summed E-state index contributed by atoms with van der Waals surface area (Å²) in [5.74, 6) is 0. The van der Waals surface area contributed by atoms with Gasteiger partial charge in [-0.05, 0) is 35.7 Å². The van der Waals surface area contributed by atoms with Gasteiger partial charge in [0.05, 0.1) is 0 Å². The van der Waals surface area contributed by atoms with E-state index in [1.54, 1.807) is 0 Å². The molecule has 0 heterocycles. The first kappa shape index (κ1) is 8.82. The van der Waals surface area contributed by atoms with Crippen LogP contribution in [0.1, 0.15) is 11.1 Å². The zero-order valence-electron chi connectivity index (χ0n) is 7.90. The van der Waals surface area contributed by atoms with Crippen LogP contribution in [-0.2, 0) is 6.42 Å². The molecule has 0 saturated carbocycles. The topological polar surface area (TPSA) is 26.0 Å². The van der Waals surface area contributed by atoms with Crippen LogP contribution in [0.15, 0.2) is 48.5 Å². The second-order valence-electron chi connectivity index (χ2n) is 3.31. The highest BCUT2D eigenvalue weighted by Gasteiger charge is 1.95. The third-order valence-corrected chi connectivity index (χ3v) is 2.12. The molecule has 2 aromatic carbocycles. The smallest absolute Gasteiger partial charge is 0.0317 e. The molecule has 0 spiro atoms. The Morgan fingerprint density at radius 3 is 2.57 bits per heavy atom. The standard InChI is InChI=1S/C13H12N/c14-13-8-4-7-12(10-13)9-11-5-2-1-3-6-11/h1-6,8,10H,9,14H2. The molecular formula is C13H12N. The zero-order chi connectivity index (χ0) is 9.80. The molecule has 0 aliphatic heterocycles. The summed E-state index contributed by atoms with van der Waals surface area (Å²) in [5.41, 5.74) is 8.91. The van der Waals surface area contributed by atoms with E-state index >= 15 is 0 Å². The highest BCUT2D eigenvalue weighted by Crippen LogP contribution is 2.11. The van der Waals surface area contributed by atoms with E-state index in [1.807, 2.05) is 36.4 Å². The van der Waals surface area contributed by atoms with E-state index in [4.69, 9.17) is 5.73 Å². The van der Waals surface area contributed by atoms with E-state index in [0.29, 0.717) is 0 Å². The first-order chi connectivity index (χ1) is 6.84. The number of hydrogen-bond acceptors (Lipinski definition) is 1. The molecule has 1 radical (unpaired) electrons. The third-order valence-electron chi connectivity index (χ3n) is 2.12. The average Bonchev–Trinajstić information content (AvgIpc) is 2.19. The maximum atomic E-state index is 5.69. The van der Waals surface area contributed by atoms with Crippen LogP contribution in [0.4, 0.5) is 5.69 Å². The fourth-order valence-electron chi connectivity index (χ4n) is 1.45. The molecule has 1 heteroatoms. The predicted molar refractivity (Wildman–Crippen MR) is 58.9 cm³/mol. The molecule has 0 unspecified atom stereocenters. The number of nitrogen functional groups attached to an aromatic ring is 1. The highest BCUT2D eigenvalue weighted by molar-refractivity contribution is 5.41. The maximum Gasteiger partial charge on any atom is 0.0317 e. The van der Waals surface area contributed by atoms with Crippen LogP contribution in [0, 0.1) is 6.07 Å². The minimum Gasteiger partial charge on any atom is -0.399 e. The Morgan fingerprint density at radius 2 is 1.86 bits per heavy atom. The monoisotopic (exact) mass is 182 g/mol. The minimum atomic E-state index is 0.801. The van der Waals surface area contributed by atoms with Gasteiger partial charge in [0.1, 0.15) is 0 Å². The van der Waals surface area contributed by atoms with Gasteiger partial charge in [0.25, 0.3) is 0 Å². The molecule has 0 fully saturated rings. The Bertz CT molecular complexity index is 407. The van der Waals surface area contributed by atoms with Crippen molar-refractivity contribution in [1.82, 2.24) is 0 Å². The van der Waals surface area contributed by atoms with Crippen LogP contribution in [0.2, 0.25) is 0 Å². The van der Waals surface area contributed by atoms with Gasteiger partial charge in [-0.3, -0.25) is 0 Å². The normalized spacial score (nSPS) is 10.0. The van der Waals surface area contributed by atoms with Crippen molar-refractivity contribution in [3.05, 3.63) is 65.7 Å². The molecule has 0 aromatic heterocycles. The molecule has 2 rings (SSSR count). The molecule has 69 valence electrons. The van der Waals surface area contributed by atoms with Gasteiger partial charge >= 0.3 is 0 Å². The highest BCUT2D eigenvalue weighted by atomic mass is 14.5. The Hall–Kier alpha value is -1.76. The van der Waals surface area contributed by atoms with Gasteiger partial charge in [0.15, 0.2) is 0 Å². The second-order valence-corrected chi connectivity index (χ2v) is 3.31. The van der Waals surface area contributed by atoms with E-state index in [0.717, 1.165) is 17.7 Å². The second kappa shape index (κ2) is 3.97. The lowest BCUT2D eigenvalue weighted by atomic mass is 10.0. The minimum absolute atomic E-state index is 0.801. The lowest BCUT2D eigenvalue weighted by molar-refractivity contribution is 1.19. The fraction of sp³-hybridized carbons (Fsp3) is 0.0769. The molecule has 0 amide bonds. The van der Waals surface area contributed by atoms with Crippen molar-refractivity contribution in [2.75, 3.05) is 5.73 Å². The maximum absolute atomic E-state index is 5.69. The lowest BCUT2D eigenvalue weighted by Gasteiger charge is -2.01. The summed E-state index contributed by atoms with van der Waals surface area (Å²) in [6, 6.07) is 19.2. The first-order valence-corrected chi connectivity index (χ1v) is 4.64. The molecule has 0 atom stereocenters. The van der Waals surface area contributed by atoms with Gasteiger partial charge in [-0.25, -0.2) is 0 Å². The van der Waals surface area contributed by atoms with E-state index in [-0.39, 0.29) is 0 Å². The molecule has 1 nitrogen and oxygen atoms in total. The van der Waals surface area contributed by atoms with Gasteiger partial charge in [-0.15, -0.1) is 0 Å². The van der Waals surface area contributed by atoms with Crippen molar-refractivity contribution >= 4 is 5.69 Å². The van der Waals surface area contributed by atoms with Crippen LogP contribution >= 0.6 is 0 Å². The molecular weight excluding hydrogens is 170 g/mol. The van der Waals surface area contributed by atoms with Crippen LogP contribution in [0.3, 0.4) is 0 Å². The largest absolute Gasteiger partial charge is 0.399 e. The summed E-state index contributed by atoms with van der Waals surface area (Å²) in [6.45, 7) is 0. The van der Waals surface area contributed by atoms with Crippen molar-refractivity contribution in [2.24, 2.45) is 0 Å². The van der Waals surface area contributed by atoms with Crippen molar-refractivity contribution < 1.29 is 0 Å². The predicted octanol–water partition coefficient (Wildman–Crippen LogP) is 2.66. The Kier molecular flexibility index (Phi) is 2.50. The lowest BCUT2D eigenvalue weighted by Crippen LogP contribution is -1.90. The summed E-state index contributed by atoms with van der Waals surface area (Å²) in [6.07, 6.45) is 0.895. The van der Waals surface area contributed by atoms with Crippen LogP contribution in [0.25, 0.3) is 0 Å². The van der Waals surface area contributed by atoms with Crippen molar-refractivity contribution in [3.8, 4) is 0 Å². The van der Waals surface area contributed by atoms with Crippen LogP contribution in [0.5, 0.6) is 0 Å². The van der Waals surface area contributed by atoms with Crippen LogP contribution in [-0.4, -0.2) is 0 Å². The summed E-state index contributed by atoms with van der Waals surface area (Å²) in [5, 5.41) is 0. The summed E-state index contributed by atoms with van der Waals surface area (Å²) < 4.78 is 0. The van der Waals surface area contributed by atoms with Crippen molar-refractivity contribution in [1.29, 1.82) is 0 Å². The molecule has 0 saturated heterocycles. The van der Waals surface area contributed by atoms with Crippen molar-refractivity contribution in [3.63, 3.8) is 0 Å². The van der Waals surface area contributed by atoms with Gasteiger partial charge in [0.2, 0.25) is 0 Å². The number of anilines is 1. The average molecular weight is 182 g/mol. The zero-order valence-corrected chi connectivity index (χ0v) is 7.90. The molecule has 2 aromatic rings. The molecule has 0 aliphatic rings. The van der Waals surface area contributed by atoms with Gasteiger partial charge in [-0.1, -0.05) is 36.4 Å². The summed E-state index contributed by atoms with van der Waals surface area (Å²) in [4.78, 5) is 0. The number of nitrogens with two attached hydrogens (primary N) is 1. The van der Waals surface area contributed by atoms with E-state index < -0.39 is 0 Å². The summed E-state index contributed by atoms with van der Waals surface area (Å²) >= 11 is 0. The van der Waals surface area contributed by atoms with E-state index in [2.05, 4.69) is 18.2 Å². The molecule has 2 N–H and O–H groups in total.